The number of hydrogen-bond acceptors (Lipinski definition) is 4. The van der Waals surface area contributed by atoms with Crippen LogP contribution in [-0.2, 0) is 17.8 Å². The molecule has 0 radical (unpaired) electrons. The van der Waals surface area contributed by atoms with Crippen molar-refractivity contribution in [2.24, 2.45) is 5.92 Å². The number of carbonyl (C=O) groups is 1. The van der Waals surface area contributed by atoms with Gasteiger partial charge in [0.15, 0.2) is 0 Å². The van der Waals surface area contributed by atoms with Crippen LogP contribution >= 0.6 is 0 Å². The number of fused-ring (bicyclic) bond motifs is 1. The van der Waals surface area contributed by atoms with E-state index in [0.717, 1.165) is 56.0 Å². The molecule has 4 rings (SSSR count). The summed E-state index contributed by atoms with van der Waals surface area (Å²) in [7, 11) is 0. The molecule has 25 heavy (non-hydrogen) atoms. The Balaban J connectivity index is 1.37. The van der Waals surface area contributed by atoms with Gasteiger partial charge in [-0.3, -0.25) is 4.79 Å². The van der Waals surface area contributed by atoms with Crippen LogP contribution in [0.3, 0.4) is 0 Å². The molecule has 1 amide bonds. The summed E-state index contributed by atoms with van der Waals surface area (Å²) in [5.41, 5.74) is 1.14. The van der Waals surface area contributed by atoms with Gasteiger partial charge in [0.05, 0.1) is 5.92 Å². The highest BCUT2D eigenvalue weighted by Crippen LogP contribution is 2.30. The van der Waals surface area contributed by atoms with Crippen molar-refractivity contribution in [1.82, 2.24) is 19.7 Å². The molecule has 0 N–H and O–H groups in total. The van der Waals surface area contributed by atoms with Crippen LogP contribution in [0.15, 0.2) is 30.6 Å². The standard InChI is InChI=1S/C19H24N4O2/c1-2-22-13-20-21-18(22)14-7-9-23(10-8-14)19(24)16-11-15-5-3-4-6-17(15)25-12-16/h3-6,13-14,16H,2,7-12H2,1H3. The first kappa shape index (κ1) is 16.1. The summed E-state index contributed by atoms with van der Waals surface area (Å²) in [4.78, 5) is 14.9. The molecule has 0 spiro atoms. The lowest BCUT2D eigenvalue weighted by atomic mass is 9.92. The molecular formula is C19H24N4O2. The summed E-state index contributed by atoms with van der Waals surface area (Å²) in [5, 5.41) is 8.32. The zero-order valence-corrected chi connectivity index (χ0v) is 14.6. The lowest BCUT2D eigenvalue weighted by molar-refractivity contribution is -0.138. The number of aromatic nitrogens is 3. The molecule has 0 saturated carbocycles. The van der Waals surface area contributed by atoms with E-state index < -0.39 is 0 Å². The summed E-state index contributed by atoms with van der Waals surface area (Å²) in [6.45, 7) is 5.06. The summed E-state index contributed by atoms with van der Waals surface area (Å²) >= 11 is 0. The van der Waals surface area contributed by atoms with Crippen molar-refractivity contribution in [2.75, 3.05) is 19.7 Å². The zero-order valence-electron chi connectivity index (χ0n) is 14.6. The Morgan fingerprint density at radius 2 is 2.08 bits per heavy atom. The van der Waals surface area contributed by atoms with Gasteiger partial charge in [-0.25, -0.2) is 0 Å². The summed E-state index contributed by atoms with van der Waals surface area (Å²) in [6, 6.07) is 8.01. The fourth-order valence-electron chi connectivity index (χ4n) is 3.93. The SMILES string of the molecule is CCn1cnnc1C1CCN(C(=O)C2COc3ccccc3C2)CC1. The van der Waals surface area contributed by atoms with Crippen LogP contribution in [-0.4, -0.2) is 45.3 Å². The molecule has 2 aliphatic rings. The van der Waals surface area contributed by atoms with Crippen molar-refractivity contribution in [2.45, 2.75) is 38.6 Å². The highest BCUT2D eigenvalue weighted by Gasteiger charge is 2.32. The first-order valence-corrected chi connectivity index (χ1v) is 9.13. The van der Waals surface area contributed by atoms with Crippen LogP contribution in [0.4, 0.5) is 0 Å². The minimum Gasteiger partial charge on any atom is -0.492 e. The summed E-state index contributed by atoms with van der Waals surface area (Å²) in [6.07, 6.45) is 4.48. The van der Waals surface area contributed by atoms with E-state index in [1.165, 1.54) is 0 Å². The average Bonchev–Trinajstić information content (AvgIpc) is 3.16. The van der Waals surface area contributed by atoms with Gasteiger partial charge in [0, 0.05) is 25.6 Å². The van der Waals surface area contributed by atoms with Gasteiger partial charge in [0.1, 0.15) is 24.5 Å². The van der Waals surface area contributed by atoms with E-state index in [0.29, 0.717) is 12.5 Å². The average molecular weight is 340 g/mol. The van der Waals surface area contributed by atoms with Crippen LogP contribution in [0, 0.1) is 5.92 Å². The van der Waals surface area contributed by atoms with Crippen molar-refractivity contribution in [3.05, 3.63) is 42.0 Å². The molecule has 2 aromatic rings. The molecule has 6 nitrogen and oxygen atoms in total. The molecule has 132 valence electrons. The maximum Gasteiger partial charge on any atom is 0.229 e. The molecule has 3 heterocycles. The third kappa shape index (κ3) is 3.13. The number of nitrogens with zero attached hydrogens (tertiary/aromatic N) is 4. The normalized spacial score (nSPS) is 20.8. The van der Waals surface area contributed by atoms with Crippen LogP contribution in [0.2, 0.25) is 0 Å². The number of piperidine rings is 1. The monoisotopic (exact) mass is 340 g/mol. The van der Waals surface area contributed by atoms with Gasteiger partial charge < -0.3 is 14.2 Å². The Morgan fingerprint density at radius 1 is 1.28 bits per heavy atom. The smallest absolute Gasteiger partial charge is 0.229 e. The maximum absolute atomic E-state index is 12.9. The van der Waals surface area contributed by atoms with Gasteiger partial charge in [-0.2, -0.15) is 0 Å². The number of carbonyl (C=O) groups excluding carboxylic acids is 1. The first-order chi connectivity index (χ1) is 12.3. The van der Waals surface area contributed by atoms with Crippen molar-refractivity contribution >= 4 is 5.91 Å². The van der Waals surface area contributed by atoms with E-state index in [-0.39, 0.29) is 11.8 Å². The molecule has 0 bridgehead atoms. The highest BCUT2D eigenvalue weighted by molar-refractivity contribution is 5.80. The lowest BCUT2D eigenvalue weighted by Crippen LogP contribution is -2.44. The van der Waals surface area contributed by atoms with Crippen molar-refractivity contribution in [3.63, 3.8) is 0 Å². The lowest BCUT2D eigenvalue weighted by Gasteiger charge is -2.35. The highest BCUT2D eigenvalue weighted by atomic mass is 16.5. The van der Waals surface area contributed by atoms with E-state index >= 15 is 0 Å². The number of rotatable bonds is 3. The van der Waals surface area contributed by atoms with Crippen LogP contribution in [0.5, 0.6) is 5.75 Å². The van der Waals surface area contributed by atoms with Gasteiger partial charge in [0.2, 0.25) is 5.91 Å². The fourth-order valence-corrected chi connectivity index (χ4v) is 3.93. The number of benzene rings is 1. The first-order valence-electron chi connectivity index (χ1n) is 9.13. The van der Waals surface area contributed by atoms with Crippen LogP contribution in [0.25, 0.3) is 0 Å². The summed E-state index contributed by atoms with van der Waals surface area (Å²) in [5.74, 6) is 2.54. The third-order valence-electron chi connectivity index (χ3n) is 5.39. The van der Waals surface area contributed by atoms with Gasteiger partial charge in [-0.05, 0) is 37.8 Å². The quantitative estimate of drug-likeness (QED) is 0.860. The minimum atomic E-state index is -0.0641. The maximum atomic E-state index is 12.9. The number of aryl methyl sites for hydroxylation is 1. The predicted octanol–water partition coefficient (Wildman–Crippen LogP) is 2.26. The van der Waals surface area contributed by atoms with E-state index in [1.54, 1.807) is 6.33 Å². The van der Waals surface area contributed by atoms with E-state index in [2.05, 4.69) is 27.8 Å². The number of ether oxygens (including phenoxy) is 1. The largest absolute Gasteiger partial charge is 0.492 e. The van der Waals surface area contributed by atoms with Crippen molar-refractivity contribution < 1.29 is 9.53 Å². The van der Waals surface area contributed by atoms with E-state index in [4.69, 9.17) is 4.74 Å². The Labute approximate surface area is 147 Å². The number of para-hydroxylation sites is 1. The fraction of sp³-hybridized carbons (Fsp3) is 0.526. The molecule has 1 saturated heterocycles. The Bertz CT molecular complexity index is 749. The predicted molar refractivity (Wildman–Crippen MR) is 93.4 cm³/mol. The van der Waals surface area contributed by atoms with Crippen molar-refractivity contribution in [1.29, 1.82) is 0 Å². The molecule has 6 heteroatoms. The Morgan fingerprint density at radius 3 is 2.88 bits per heavy atom. The molecular weight excluding hydrogens is 316 g/mol. The number of amides is 1. The second-order valence-corrected chi connectivity index (χ2v) is 6.89. The number of hydrogen-bond donors (Lipinski definition) is 0. The van der Waals surface area contributed by atoms with Crippen LogP contribution in [0.1, 0.15) is 37.1 Å². The second kappa shape index (κ2) is 6.86. The molecule has 2 aliphatic heterocycles. The second-order valence-electron chi connectivity index (χ2n) is 6.89. The third-order valence-corrected chi connectivity index (χ3v) is 5.39. The van der Waals surface area contributed by atoms with Gasteiger partial charge >= 0.3 is 0 Å². The molecule has 1 aromatic carbocycles. The van der Waals surface area contributed by atoms with Gasteiger partial charge in [-0.15, -0.1) is 10.2 Å². The van der Waals surface area contributed by atoms with E-state index in [9.17, 15) is 4.79 Å². The molecule has 1 atom stereocenters. The zero-order chi connectivity index (χ0) is 17.2. The van der Waals surface area contributed by atoms with Gasteiger partial charge in [-0.1, -0.05) is 18.2 Å². The number of likely N-dealkylation sites (tertiary alicyclic amines) is 1. The molecule has 1 fully saturated rings. The Hall–Kier alpha value is -2.37. The Kier molecular flexibility index (Phi) is 4.42. The molecule has 1 aromatic heterocycles. The summed E-state index contributed by atoms with van der Waals surface area (Å²) < 4.78 is 7.89. The molecule has 0 aliphatic carbocycles. The van der Waals surface area contributed by atoms with Crippen molar-refractivity contribution in [3.8, 4) is 5.75 Å². The van der Waals surface area contributed by atoms with E-state index in [1.807, 2.05) is 23.1 Å². The van der Waals surface area contributed by atoms with Crippen LogP contribution < -0.4 is 4.74 Å². The topological polar surface area (TPSA) is 60.2 Å². The molecule has 1 unspecified atom stereocenters. The van der Waals surface area contributed by atoms with Gasteiger partial charge in [0.25, 0.3) is 0 Å². The minimum absolute atomic E-state index is 0.0641.